The number of ketones is 1. The van der Waals surface area contributed by atoms with Gasteiger partial charge in [0, 0.05) is 25.8 Å². The van der Waals surface area contributed by atoms with Crippen molar-refractivity contribution in [1.82, 2.24) is 5.32 Å². The summed E-state index contributed by atoms with van der Waals surface area (Å²) in [6, 6.07) is 0. The fourth-order valence-electron chi connectivity index (χ4n) is 3.92. The first-order valence-electron chi connectivity index (χ1n) is 13.3. The minimum Gasteiger partial charge on any atom is -0.393 e. The molecule has 204 valence electrons. The number of amides is 1. The molecule has 1 aliphatic carbocycles. The highest BCUT2D eigenvalue weighted by atomic mass is 17.0. The van der Waals surface area contributed by atoms with Gasteiger partial charge in [0.2, 0.25) is 5.91 Å². The van der Waals surface area contributed by atoms with Crippen molar-refractivity contribution >= 4 is 11.7 Å². The van der Waals surface area contributed by atoms with Gasteiger partial charge in [-0.05, 0) is 51.4 Å². The second kappa shape index (κ2) is 23.7. The van der Waals surface area contributed by atoms with Crippen LogP contribution in [0.15, 0.2) is 12.2 Å². The summed E-state index contributed by atoms with van der Waals surface area (Å²) in [5.74, 6) is 0.796. The van der Waals surface area contributed by atoms with Crippen LogP contribution in [0.3, 0.4) is 0 Å². The highest BCUT2D eigenvalue weighted by Crippen LogP contribution is 2.29. The lowest BCUT2D eigenvalue weighted by Crippen LogP contribution is -2.27. The Morgan fingerprint density at radius 1 is 1.06 bits per heavy atom. The predicted octanol–water partition coefficient (Wildman–Crippen LogP) is 4.93. The quantitative estimate of drug-likeness (QED) is 0.105. The molecule has 1 amide bonds. The van der Waals surface area contributed by atoms with E-state index in [2.05, 4.69) is 17.1 Å². The van der Waals surface area contributed by atoms with Crippen LogP contribution in [0.4, 0.5) is 0 Å². The summed E-state index contributed by atoms with van der Waals surface area (Å²) < 4.78 is 5.02. The fraction of sp³-hybridized carbons (Fsp3) is 0.846. The van der Waals surface area contributed by atoms with E-state index in [0.29, 0.717) is 37.7 Å². The standard InChI is InChI=1S/C15H28O2.C11H20N2O5/c1-2-3-4-5-6-9-14(16)12-11-13-8-7-10-15(13)17;1-2-3-4-5-6-11(14)12-7-8-17-9-10-18-13(15)16/h13,15,17H,2-12H2,1H3;2-3H,4-10H2,1H3,(H,12,14)/b;3-2-. The number of Topliss-reactive ketones (excluding diaryl/α,β-unsaturated/α-hetero) is 1. The van der Waals surface area contributed by atoms with Gasteiger partial charge in [0.25, 0.3) is 5.09 Å². The molecule has 2 unspecified atom stereocenters. The number of allylic oxidation sites excluding steroid dienone is 2. The maximum Gasteiger partial charge on any atom is 0.294 e. The maximum atomic E-state index is 11.7. The molecular weight excluding hydrogens is 452 g/mol. The molecule has 9 nitrogen and oxygen atoms in total. The molecule has 9 heteroatoms. The van der Waals surface area contributed by atoms with E-state index in [1.807, 2.05) is 19.1 Å². The summed E-state index contributed by atoms with van der Waals surface area (Å²) in [6.45, 7) is 4.92. The van der Waals surface area contributed by atoms with E-state index in [1.165, 1.54) is 25.7 Å². The smallest absolute Gasteiger partial charge is 0.294 e. The van der Waals surface area contributed by atoms with Crippen LogP contribution in [0, 0.1) is 16.0 Å². The average Bonchev–Trinajstić information content (AvgIpc) is 3.24. The molecular formula is C26H48N2O7. The Hall–Kier alpha value is -2.00. The Morgan fingerprint density at radius 3 is 2.49 bits per heavy atom. The number of carbonyl (C=O) groups is 2. The SMILES string of the molecule is C/C=C\CCCC(=O)NCCOCCO[N+](=O)[O-].CCCCCCCC(=O)CCC1CCCC1O. The van der Waals surface area contributed by atoms with E-state index in [-0.39, 0.29) is 25.2 Å². The number of aliphatic hydroxyl groups excluding tert-OH is 1. The molecule has 0 spiro atoms. The topological polar surface area (TPSA) is 128 Å². The predicted molar refractivity (Wildman–Crippen MR) is 136 cm³/mol. The van der Waals surface area contributed by atoms with Gasteiger partial charge in [0.15, 0.2) is 0 Å². The molecule has 0 aromatic rings. The van der Waals surface area contributed by atoms with Gasteiger partial charge >= 0.3 is 0 Å². The van der Waals surface area contributed by atoms with Crippen LogP contribution in [0.5, 0.6) is 0 Å². The van der Waals surface area contributed by atoms with Crippen molar-refractivity contribution in [3.63, 3.8) is 0 Å². The van der Waals surface area contributed by atoms with Gasteiger partial charge in [-0.3, -0.25) is 9.59 Å². The summed E-state index contributed by atoms with van der Waals surface area (Å²) in [6.07, 6.45) is 17.7. The van der Waals surface area contributed by atoms with Crippen molar-refractivity contribution in [3.05, 3.63) is 22.3 Å². The van der Waals surface area contributed by atoms with Gasteiger partial charge < -0.3 is 20.0 Å². The highest BCUT2D eigenvalue weighted by Gasteiger charge is 2.25. The van der Waals surface area contributed by atoms with E-state index in [4.69, 9.17) is 4.74 Å². The number of hydrogen-bond donors (Lipinski definition) is 2. The van der Waals surface area contributed by atoms with Gasteiger partial charge in [0.05, 0.1) is 19.3 Å². The molecule has 1 rings (SSSR count). The molecule has 0 aromatic carbocycles. The van der Waals surface area contributed by atoms with E-state index < -0.39 is 5.09 Å². The Balaban J connectivity index is 0.000000661. The van der Waals surface area contributed by atoms with Crippen molar-refractivity contribution in [3.8, 4) is 0 Å². The number of carbonyl (C=O) groups excluding carboxylic acids is 2. The van der Waals surface area contributed by atoms with Crippen LogP contribution in [0.25, 0.3) is 0 Å². The van der Waals surface area contributed by atoms with Crippen LogP contribution in [-0.2, 0) is 19.2 Å². The first-order valence-corrected chi connectivity index (χ1v) is 13.3. The Labute approximate surface area is 211 Å². The van der Waals surface area contributed by atoms with E-state index in [1.54, 1.807) is 0 Å². The molecule has 0 heterocycles. The van der Waals surface area contributed by atoms with Crippen LogP contribution in [0.2, 0.25) is 0 Å². The van der Waals surface area contributed by atoms with E-state index in [0.717, 1.165) is 51.4 Å². The van der Waals surface area contributed by atoms with E-state index >= 15 is 0 Å². The lowest BCUT2D eigenvalue weighted by Gasteiger charge is -2.13. The summed E-state index contributed by atoms with van der Waals surface area (Å²) in [5, 5.41) is 21.3. The lowest BCUT2D eigenvalue weighted by molar-refractivity contribution is -0.758. The number of nitrogens with zero attached hydrogens (tertiary/aromatic N) is 1. The average molecular weight is 501 g/mol. The zero-order chi connectivity index (χ0) is 26.2. The third kappa shape index (κ3) is 22.2. The third-order valence-electron chi connectivity index (χ3n) is 5.98. The lowest BCUT2D eigenvalue weighted by atomic mass is 9.96. The second-order valence-corrected chi connectivity index (χ2v) is 8.98. The van der Waals surface area contributed by atoms with Crippen molar-refractivity contribution in [1.29, 1.82) is 0 Å². The van der Waals surface area contributed by atoms with Crippen molar-refractivity contribution < 1.29 is 29.4 Å². The van der Waals surface area contributed by atoms with Gasteiger partial charge in [-0.15, -0.1) is 10.1 Å². The highest BCUT2D eigenvalue weighted by molar-refractivity contribution is 5.78. The van der Waals surface area contributed by atoms with Gasteiger partial charge in [-0.1, -0.05) is 51.2 Å². The van der Waals surface area contributed by atoms with Crippen LogP contribution < -0.4 is 5.32 Å². The molecule has 0 bridgehead atoms. The molecule has 2 N–H and O–H groups in total. The summed E-state index contributed by atoms with van der Waals surface area (Å²) in [4.78, 5) is 36.8. The first-order chi connectivity index (χ1) is 16.9. The zero-order valence-corrected chi connectivity index (χ0v) is 21.9. The first kappa shape index (κ1) is 33.0. The fourth-order valence-corrected chi connectivity index (χ4v) is 3.92. The number of ether oxygens (including phenoxy) is 1. The second-order valence-electron chi connectivity index (χ2n) is 8.98. The molecule has 0 aromatic heterocycles. The Kier molecular flexibility index (Phi) is 22.4. The molecule has 2 atom stereocenters. The molecule has 0 radical (unpaired) electrons. The number of unbranched alkanes of at least 4 members (excludes halogenated alkanes) is 5. The molecule has 1 aliphatic rings. The van der Waals surface area contributed by atoms with Crippen LogP contribution >= 0.6 is 0 Å². The number of hydrogen-bond acceptors (Lipinski definition) is 7. The largest absolute Gasteiger partial charge is 0.393 e. The molecule has 0 aliphatic heterocycles. The summed E-state index contributed by atoms with van der Waals surface area (Å²) in [5.41, 5.74) is 0. The third-order valence-corrected chi connectivity index (χ3v) is 5.98. The minimum absolute atomic E-state index is 0.00959. The number of nitrogens with one attached hydrogen (secondary N) is 1. The maximum absolute atomic E-state index is 11.7. The van der Waals surface area contributed by atoms with Crippen molar-refractivity contribution in [2.24, 2.45) is 5.92 Å². The molecule has 35 heavy (non-hydrogen) atoms. The van der Waals surface area contributed by atoms with Crippen molar-refractivity contribution in [2.75, 3.05) is 26.4 Å². The van der Waals surface area contributed by atoms with Gasteiger partial charge in [-0.2, -0.15) is 0 Å². The van der Waals surface area contributed by atoms with Crippen molar-refractivity contribution in [2.45, 2.75) is 110 Å². The minimum atomic E-state index is -0.865. The Bertz CT molecular complexity index is 584. The molecule has 0 saturated heterocycles. The normalized spacial score (nSPS) is 17.1. The Morgan fingerprint density at radius 2 is 1.83 bits per heavy atom. The summed E-state index contributed by atoms with van der Waals surface area (Å²) >= 11 is 0. The van der Waals surface area contributed by atoms with Crippen LogP contribution in [0.1, 0.15) is 104 Å². The van der Waals surface area contributed by atoms with E-state index in [9.17, 15) is 24.8 Å². The number of aliphatic hydroxyl groups is 1. The van der Waals surface area contributed by atoms with Gasteiger partial charge in [-0.25, -0.2) is 0 Å². The zero-order valence-electron chi connectivity index (χ0n) is 21.9. The summed E-state index contributed by atoms with van der Waals surface area (Å²) in [7, 11) is 0. The molecule has 1 saturated carbocycles. The molecule has 1 fully saturated rings. The van der Waals surface area contributed by atoms with Crippen LogP contribution in [-0.4, -0.2) is 54.4 Å². The monoisotopic (exact) mass is 500 g/mol. The van der Waals surface area contributed by atoms with Gasteiger partial charge in [0.1, 0.15) is 12.4 Å². The number of rotatable bonds is 20.